The minimum atomic E-state index is -1.99. The molecule has 0 unspecified atom stereocenters. The zero-order valence-corrected chi connectivity index (χ0v) is 67.3. The molecule has 49 heteroatoms. The molecule has 668 valence electrons. The Morgan fingerprint density at radius 2 is 0.475 bits per heavy atom. The van der Waals surface area contributed by atoms with Crippen molar-refractivity contribution in [1.82, 2.24) is 63.8 Å². The Labute approximate surface area is 680 Å². The van der Waals surface area contributed by atoms with Crippen molar-refractivity contribution in [2.45, 2.75) is 255 Å². The molecule has 0 aliphatic rings. The molecule has 0 saturated heterocycles. The van der Waals surface area contributed by atoms with Gasteiger partial charge in [-0.2, -0.15) is 0 Å². The van der Waals surface area contributed by atoms with Crippen molar-refractivity contribution < 1.29 is 117 Å². The van der Waals surface area contributed by atoms with Gasteiger partial charge in [-0.05, 0) is 121 Å². The molecular weight excluding hydrogens is 1560 g/mol. The van der Waals surface area contributed by atoms with E-state index in [9.17, 15) is 112 Å². The van der Waals surface area contributed by atoms with E-state index in [1.165, 1.54) is 0 Å². The molecule has 0 spiro atoms. The van der Waals surface area contributed by atoms with Crippen LogP contribution in [0.15, 0.2) is 20.0 Å². The molecule has 0 radical (unpaired) electrons. The number of carboxylic acid groups (broad SMARTS) is 5. The predicted octanol–water partition coefficient (Wildman–Crippen LogP) is -9.60. The van der Waals surface area contributed by atoms with Gasteiger partial charge in [0.05, 0.1) is 12.7 Å². The van der Waals surface area contributed by atoms with Crippen LogP contribution < -0.4 is 115 Å². The average molecular weight is 1690 g/mol. The number of hydrogen-bond donors (Lipinski definition) is 28. The van der Waals surface area contributed by atoms with E-state index in [0.717, 1.165) is 6.92 Å². The van der Waals surface area contributed by atoms with Crippen molar-refractivity contribution in [2.75, 3.05) is 32.8 Å². The molecule has 0 bridgehead atoms. The van der Waals surface area contributed by atoms with Crippen LogP contribution in [-0.2, 0) is 81.5 Å². The third-order valence-electron chi connectivity index (χ3n) is 17.0. The van der Waals surface area contributed by atoms with E-state index in [2.05, 4.69) is 83.8 Å². The first-order valence-corrected chi connectivity index (χ1v) is 38.1. The van der Waals surface area contributed by atoms with Crippen LogP contribution in [0.3, 0.4) is 0 Å². The summed E-state index contributed by atoms with van der Waals surface area (Å²) in [6, 6.07) is -22.1. The summed E-state index contributed by atoms with van der Waals surface area (Å²) >= 11 is 0. The maximum absolute atomic E-state index is 14.8. The van der Waals surface area contributed by atoms with Gasteiger partial charge in [-0.3, -0.25) is 96.7 Å². The van der Waals surface area contributed by atoms with E-state index >= 15 is 0 Å². The lowest BCUT2D eigenvalue weighted by molar-refractivity contribution is -0.144. The molecule has 37 N–H and O–H groups in total. The van der Waals surface area contributed by atoms with Crippen molar-refractivity contribution in [3.8, 4) is 0 Å². The average Bonchev–Trinajstić information content (AvgIpc) is 0.860. The number of aliphatic carboxylic acids is 5. The van der Waals surface area contributed by atoms with Crippen molar-refractivity contribution >= 4 is 125 Å². The molecule has 0 heterocycles. The number of nitrogens with zero attached hydrogens (tertiary/aromatic N) is 4. The quantitative estimate of drug-likeness (QED) is 0.0153. The summed E-state index contributed by atoms with van der Waals surface area (Å²) in [5.41, 5.74) is 49.9. The normalized spacial score (nSPS) is 14.6. The Bertz CT molecular complexity index is 3490. The van der Waals surface area contributed by atoms with Gasteiger partial charge in [-0.1, -0.05) is 41.5 Å². The summed E-state index contributed by atoms with van der Waals surface area (Å²) in [5, 5.41) is 97.1. The number of aliphatic hydroxyl groups is 2. The van der Waals surface area contributed by atoms with E-state index in [0.29, 0.717) is 0 Å². The summed E-state index contributed by atoms with van der Waals surface area (Å²) in [6.07, 6.45) is -9.54. The van der Waals surface area contributed by atoms with E-state index in [1.807, 2.05) is 0 Å². The van der Waals surface area contributed by atoms with Crippen LogP contribution in [-0.4, -0.2) is 278 Å². The monoisotopic (exact) mass is 1690 g/mol. The second-order valence-electron chi connectivity index (χ2n) is 28.9. The van der Waals surface area contributed by atoms with Gasteiger partial charge in [0.15, 0.2) is 23.8 Å². The van der Waals surface area contributed by atoms with Crippen molar-refractivity contribution in [3.63, 3.8) is 0 Å². The van der Waals surface area contributed by atoms with Crippen LogP contribution in [0.1, 0.15) is 170 Å². The molecule has 0 aliphatic carbocycles. The lowest BCUT2D eigenvalue weighted by atomic mass is 10.00. The number of hydrogen-bond acceptors (Lipinski definition) is 24. The maximum Gasteiger partial charge on any atom is 0.326 e. The Kier molecular flexibility index (Phi) is 50.5. The summed E-state index contributed by atoms with van der Waals surface area (Å²) < 4.78 is 0. The Morgan fingerprint density at radius 3 is 0.678 bits per heavy atom. The molecule has 0 aromatic carbocycles. The fourth-order valence-electron chi connectivity index (χ4n) is 11.1. The van der Waals surface area contributed by atoms with E-state index in [4.69, 9.17) is 56.7 Å². The third kappa shape index (κ3) is 46.5. The molecule has 0 rings (SSSR count). The summed E-state index contributed by atoms with van der Waals surface area (Å²) in [7, 11) is 0. The summed E-state index contributed by atoms with van der Waals surface area (Å²) in [4.78, 5) is 246. The lowest BCUT2D eigenvalue weighted by Gasteiger charge is -2.29. The number of rotatable bonds is 61. The Hall–Kier alpha value is -12.0. The van der Waals surface area contributed by atoms with Gasteiger partial charge in [0.1, 0.15) is 78.5 Å². The maximum atomic E-state index is 14.8. The number of nitrogens with two attached hydrogens (primary N) is 9. The van der Waals surface area contributed by atoms with Gasteiger partial charge in [-0.25, -0.2) is 4.79 Å². The summed E-state index contributed by atoms with van der Waals surface area (Å²) in [6.45, 7) is 9.61. The third-order valence-corrected chi connectivity index (χ3v) is 17.0. The van der Waals surface area contributed by atoms with Crippen molar-refractivity contribution in [3.05, 3.63) is 0 Å². The second-order valence-corrected chi connectivity index (χ2v) is 28.9. The molecule has 118 heavy (non-hydrogen) atoms. The molecule has 0 aliphatic heterocycles. The smallest absolute Gasteiger partial charge is 0.326 e. The van der Waals surface area contributed by atoms with Gasteiger partial charge in [0, 0.05) is 51.9 Å². The van der Waals surface area contributed by atoms with Crippen LogP contribution in [0.4, 0.5) is 0 Å². The zero-order chi connectivity index (χ0) is 90.2. The van der Waals surface area contributed by atoms with Crippen LogP contribution in [0.2, 0.25) is 0 Å². The highest BCUT2D eigenvalue weighted by molar-refractivity contribution is 6.00. The minimum Gasteiger partial charge on any atom is -0.481 e. The standard InChI is InChI=1S/C69H123N25O24/c1-32(2)28-45(92-60(112)43(18-22-50(101)102)88-58(110)41(16-20-48(97)98)87-59(111)42(17-21-49(99)100)89-62(114)46(29-33(3)4)91-56(108)37(12-8-24-79-66(71)72)83-53(105)36(70)31-95)61(113)86-39(14-10-26-81-68(75)76)55(107)84-38(13-9-25-80-67(73)74)54(106)85-40(15-11-27-82-69(77)78)57(109)93-47(30-34(5)6)63(115)94-52(35(7)96)64(116)90-44(65(117)118)19-23-51(103)104/h32-47,52,95-96H,8-31,70H2,1-7H3,(H,83,105)(H,84,107)(H,85,106)(H,86,113)(H,87,111)(H,88,110)(H,89,114)(H,90,116)(H,91,108)(H,92,112)(H,93,109)(H,94,115)(H,97,98)(H,99,100)(H,101,102)(H,103,104)(H,117,118)(H4,71,72,79)(H4,73,74,80)(H4,75,76,81)(H4,77,78,82)/t35-,36+,37+,38+,39+,40+,41+,42+,43+,44+,45+,46+,47+,52+/m1/s1. The number of nitrogens with one attached hydrogen (secondary N) is 12. The van der Waals surface area contributed by atoms with E-state index in [1.54, 1.807) is 41.5 Å². The van der Waals surface area contributed by atoms with Gasteiger partial charge in [0.25, 0.3) is 0 Å². The number of carbonyl (C=O) groups is 17. The van der Waals surface area contributed by atoms with Crippen molar-refractivity contribution in [1.29, 1.82) is 0 Å². The Balaban J connectivity index is 7.77. The van der Waals surface area contributed by atoms with Gasteiger partial charge < -0.3 is 151 Å². The first-order valence-electron chi connectivity index (χ1n) is 38.1. The first-order chi connectivity index (χ1) is 55.1. The number of aliphatic imine (C=N–C) groups is 4. The zero-order valence-electron chi connectivity index (χ0n) is 67.3. The second kappa shape index (κ2) is 56.3. The molecule has 0 fully saturated rings. The van der Waals surface area contributed by atoms with Gasteiger partial charge >= 0.3 is 29.8 Å². The predicted molar refractivity (Wildman–Crippen MR) is 423 cm³/mol. The minimum absolute atomic E-state index is 0.0183. The van der Waals surface area contributed by atoms with Crippen LogP contribution in [0.5, 0.6) is 0 Å². The number of amides is 12. The number of carbonyl (C=O) groups excluding carboxylic acids is 12. The molecule has 12 amide bonds. The molecule has 0 saturated carbocycles. The first kappa shape index (κ1) is 106. The number of guanidine groups is 4. The highest BCUT2D eigenvalue weighted by atomic mass is 16.4. The summed E-state index contributed by atoms with van der Waals surface area (Å²) in [5.74, 6) is -23.8. The van der Waals surface area contributed by atoms with Crippen LogP contribution in [0, 0.1) is 17.8 Å². The number of aliphatic hydroxyl groups excluding tert-OH is 2. The van der Waals surface area contributed by atoms with Gasteiger partial charge in [0.2, 0.25) is 70.9 Å². The van der Waals surface area contributed by atoms with Crippen molar-refractivity contribution in [2.24, 2.45) is 89.3 Å². The van der Waals surface area contributed by atoms with Crippen LogP contribution in [0.25, 0.3) is 0 Å². The lowest BCUT2D eigenvalue weighted by Crippen LogP contribution is -2.61. The molecular formula is C69H123N25O24. The highest BCUT2D eigenvalue weighted by Gasteiger charge is 2.39. The topological polar surface area (TPSA) is 860 Å². The van der Waals surface area contributed by atoms with Gasteiger partial charge in [-0.15, -0.1) is 0 Å². The SMILES string of the molecule is CC(C)C[C@H](NC(=O)[C@H](CCC(=O)O)NC(=O)[C@H](CCC(=O)O)NC(=O)[C@H](CCC(=O)O)NC(=O)[C@H](CC(C)C)NC(=O)[C@H](CCCN=C(N)N)NC(=O)[C@@H](N)CO)C(=O)N[C@@H](CCCN=C(N)N)C(=O)N[C@@H](CCCN=C(N)N)C(=O)N[C@@H](CCCN=C(N)N)C(=O)N[C@@H](CC(C)C)C(=O)N[C@H](C(=O)N[C@@H](CCC(=O)O)C(=O)O)[C@@H](C)O. The van der Waals surface area contributed by atoms with E-state index < -0.39 is 261 Å². The molecule has 14 atom stereocenters. The number of carboxylic acids is 5. The fraction of sp³-hybridized carbons (Fsp3) is 0.696. The molecule has 0 aromatic rings. The van der Waals surface area contributed by atoms with Crippen LogP contribution >= 0.6 is 0 Å². The van der Waals surface area contributed by atoms with E-state index in [-0.39, 0.29) is 121 Å². The fourth-order valence-corrected chi connectivity index (χ4v) is 11.1. The Morgan fingerprint density at radius 1 is 0.280 bits per heavy atom. The molecule has 0 aromatic heterocycles. The highest BCUT2D eigenvalue weighted by Crippen LogP contribution is 2.16. The largest absolute Gasteiger partial charge is 0.481 e. The molecule has 49 nitrogen and oxygen atoms in total.